The van der Waals surface area contributed by atoms with E-state index in [0.29, 0.717) is 12.8 Å². The predicted octanol–water partition coefficient (Wildman–Crippen LogP) is 0.392. The fraction of sp³-hybridized carbons (Fsp3) is 0.750. The first kappa shape index (κ1) is 20.1. The third kappa shape index (κ3) is 4.31. The third-order valence-corrected chi connectivity index (χ3v) is 4.39. The number of ketones is 1. The van der Waals surface area contributed by atoms with Gasteiger partial charge in [0.2, 0.25) is 0 Å². The van der Waals surface area contributed by atoms with Crippen molar-refractivity contribution < 1.29 is 38.5 Å². The first-order valence-corrected chi connectivity index (χ1v) is 7.81. The minimum atomic E-state index is -2.66. The fourth-order valence-electron chi connectivity index (χ4n) is 3.05. The molecule has 0 heterocycles. The Morgan fingerprint density at radius 2 is 1.58 bits per heavy atom. The second kappa shape index (κ2) is 8.77. The average Bonchev–Trinajstić information content (AvgIpc) is 2.61. The molecule has 0 aromatic carbocycles. The van der Waals surface area contributed by atoms with E-state index in [0.717, 1.165) is 40.6 Å². The highest BCUT2D eigenvalue weighted by Crippen LogP contribution is 2.33. The van der Waals surface area contributed by atoms with Crippen LogP contribution in [0.15, 0.2) is 0 Å². The van der Waals surface area contributed by atoms with E-state index < -0.39 is 47.5 Å². The normalized spacial score (nSPS) is 18.8. The second-order valence-electron chi connectivity index (χ2n) is 5.86. The van der Waals surface area contributed by atoms with Crippen molar-refractivity contribution in [3.05, 3.63) is 0 Å². The molecule has 0 saturated heterocycles. The van der Waals surface area contributed by atoms with Gasteiger partial charge in [0.05, 0.1) is 27.8 Å². The quantitative estimate of drug-likeness (QED) is 0.400. The molecule has 0 amide bonds. The van der Waals surface area contributed by atoms with Crippen LogP contribution >= 0.6 is 0 Å². The summed E-state index contributed by atoms with van der Waals surface area (Å²) in [7, 11) is 3.10. The zero-order chi connectivity index (χ0) is 18.3. The number of ether oxygens (including phenoxy) is 3. The van der Waals surface area contributed by atoms with Crippen LogP contribution in [-0.4, -0.2) is 55.7 Å². The highest BCUT2D eigenvalue weighted by molar-refractivity contribution is 6.07. The van der Waals surface area contributed by atoms with Crippen molar-refractivity contribution >= 4 is 23.7 Å². The monoisotopic (exact) mass is 344 g/mol. The van der Waals surface area contributed by atoms with Gasteiger partial charge in [-0.15, -0.1) is 0 Å². The summed E-state index contributed by atoms with van der Waals surface area (Å²) in [6, 6.07) is 0. The van der Waals surface area contributed by atoms with E-state index >= 15 is 0 Å². The van der Waals surface area contributed by atoms with Crippen molar-refractivity contribution in [3.8, 4) is 0 Å². The Labute approximate surface area is 140 Å². The van der Waals surface area contributed by atoms with E-state index in [1.165, 1.54) is 0 Å². The van der Waals surface area contributed by atoms with Gasteiger partial charge in [0, 0.05) is 5.92 Å². The van der Waals surface area contributed by atoms with Gasteiger partial charge in [-0.3, -0.25) is 14.4 Å². The molecule has 1 N–H and O–H groups in total. The van der Waals surface area contributed by atoms with Gasteiger partial charge in [0.25, 0.3) is 0 Å². The van der Waals surface area contributed by atoms with Gasteiger partial charge in [-0.25, -0.2) is 4.79 Å². The summed E-state index contributed by atoms with van der Waals surface area (Å²) in [5, 5.41) is 10.7. The van der Waals surface area contributed by atoms with Gasteiger partial charge in [-0.2, -0.15) is 0 Å². The number of aliphatic hydroxyl groups is 1. The van der Waals surface area contributed by atoms with Gasteiger partial charge in [0.15, 0.2) is 17.3 Å². The molecule has 1 fully saturated rings. The maximum Gasteiger partial charge on any atom is 0.339 e. The van der Waals surface area contributed by atoms with Gasteiger partial charge in [0.1, 0.15) is 0 Å². The molecule has 24 heavy (non-hydrogen) atoms. The van der Waals surface area contributed by atoms with Crippen LogP contribution in [0.5, 0.6) is 0 Å². The molecular weight excluding hydrogens is 320 g/mol. The smallest absolute Gasteiger partial charge is 0.339 e. The topological polar surface area (TPSA) is 116 Å². The van der Waals surface area contributed by atoms with Gasteiger partial charge < -0.3 is 19.3 Å². The molecule has 1 rings (SSSR count). The number of Topliss-reactive ketones (excluding diaryl/α,β-unsaturated/α-hetero) is 1. The standard InChI is InChI=1S/C16H24O8/c1-22-11(17)9-16(21,15(20)24-3)12(14(19)23-2)13(18)10-7-5-4-6-8-10/h10,12,21H,4-9H2,1-3H3. The lowest BCUT2D eigenvalue weighted by Crippen LogP contribution is -2.56. The van der Waals surface area contributed by atoms with Gasteiger partial charge in [-0.05, 0) is 12.8 Å². The lowest BCUT2D eigenvalue weighted by molar-refractivity contribution is -0.185. The summed E-state index contributed by atoms with van der Waals surface area (Å²) in [6.07, 6.45) is 2.85. The van der Waals surface area contributed by atoms with Crippen LogP contribution in [0, 0.1) is 11.8 Å². The molecule has 0 radical (unpaired) electrons. The summed E-state index contributed by atoms with van der Waals surface area (Å²) in [4.78, 5) is 48.7. The fourth-order valence-corrected chi connectivity index (χ4v) is 3.05. The van der Waals surface area contributed by atoms with Crippen molar-refractivity contribution in [2.45, 2.75) is 44.1 Å². The van der Waals surface area contributed by atoms with Crippen molar-refractivity contribution in [2.75, 3.05) is 21.3 Å². The molecule has 2 unspecified atom stereocenters. The van der Waals surface area contributed by atoms with Gasteiger partial charge in [-0.1, -0.05) is 19.3 Å². The Morgan fingerprint density at radius 3 is 2.04 bits per heavy atom. The molecule has 0 spiro atoms. The van der Waals surface area contributed by atoms with Crippen molar-refractivity contribution in [1.82, 2.24) is 0 Å². The summed E-state index contributed by atoms with van der Waals surface area (Å²) >= 11 is 0. The predicted molar refractivity (Wildman–Crippen MR) is 80.7 cm³/mol. The maximum absolute atomic E-state index is 12.8. The van der Waals surface area contributed by atoms with Crippen molar-refractivity contribution in [2.24, 2.45) is 11.8 Å². The second-order valence-corrected chi connectivity index (χ2v) is 5.86. The number of carbonyl (C=O) groups excluding carboxylic acids is 4. The Bertz CT molecular complexity index is 494. The molecule has 8 heteroatoms. The Balaban J connectivity index is 3.25. The molecule has 0 aromatic rings. The third-order valence-electron chi connectivity index (χ3n) is 4.39. The SMILES string of the molecule is COC(=O)CC(O)(C(=O)OC)C(C(=O)OC)C(=O)C1CCCCC1. The number of methoxy groups -OCH3 is 3. The van der Waals surface area contributed by atoms with E-state index in [4.69, 9.17) is 0 Å². The molecule has 1 aliphatic rings. The first-order valence-electron chi connectivity index (χ1n) is 7.81. The van der Waals surface area contributed by atoms with E-state index in [2.05, 4.69) is 14.2 Å². The van der Waals surface area contributed by atoms with E-state index in [-0.39, 0.29) is 0 Å². The maximum atomic E-state index is 12.8. The Kier molecular flexibility index (Phi) is 7.34. The van der Waals surface area contributed by atoms with E-state index in [1.54, 1.807) is 0 Å². The summed E-state index contributed by atoms with van der Waals surface area (Å²) < 4.78 is 13.6. The molecule has 8 nitrogen and oxygen atoms in total. The lowest BCUT2D eigenvalue weighted by Gasteiger charge is -2.33. The molecule has 0 aromatic heterocycles. The Hall–Kier alpha value is -1.96. The first-order chi connectivity index (χ1) is 11.3. The molecule has 1 saturated carbocycles. The summed E-state index contributed by atoms with van der Waals surface area (Å²) in [5.41, 5.74) is -2.66. The largest absolute Gasteiger partial charge is 0.469 e. The number of rotatable bonds is 7. The van der Waals surface area contributed by atoms with E-state index in [9.17, 15) is 24.3 Å². The lowest BCUT2D eigenvalue weighted by atomic mass is 9.74. The van der Waals surface area contributed by atoms with Crippen LogP contribution in [-0.2, 0) is 33.4 Å². The molecule has 0 aliphatic heterocycles. The van der Waals surface area contributed by atoms with Crippen LogP contribution < -0.4 is 0 Å². The van der Waals surface area contributed by atoms with Crippen molar-refractivity contribution in [3.63, 3.8) is 0 Å². The minimum absolute atomic E-state index is 0.475. The number of carbonyl (C=O) groups is 4. The molecule has 0 bridgehead atoms. The highest BCUT2D eigenvalue weighted by atomic mass is 16.6. The average molecular weight is 344 g/mol. The number of esters is 3. The summed E-state index contributed by atoms with van der Waals surface area (Å²) in [6.45, 7) is 0. The zero-order valence-corrected chi connectivity index (χ0v) is 14.2. The van der Waals surface area contributed by atoms with Crippen LogP contribution in [0.2, 0.25) is 0 Å². The minimum Gasteiger partial charge on any atom is -0.469 e. The number of hydrogen-bond donors (Lipinski definition) is 1. The van der Waals surface area contributed by atoms with E-state index in [1.807, 2.05) is 0 Å². The Morgan fingerprint density at radius 1 is 1.00 bits per heavy atom. The van der Waals surface area contributed by atoms with Crippen molar-refractivity contribution in [1.29, 1.82) is 0 Å². The van der Waals surface area contributed by atoms with Crippen LogP contribution in [0.1, 0.15) is 38.5 Å². The highest BCUT2D eigenvalue weighted by Gasteiger charge is 2.56. The number of hydrogen-bond acceptors (Lipinski definition) is 8. The van der Waals surface area contributed by atoms with Crippen LogP contribution in [0.3, 0.4) is 0 Å². The molecule has 136 valence electrons. The molecular formula is C16H24O8. The van der Waals surface area contributed by atoms with Gasteiger partial charge >= 0.3 is 17.9 Å². The molecule has 2 atom stereocenters. The molecule has 1 aliphatic carbocycles. The van der Waals surface area contributed by atoms with Crippen LogP contribution in [0.25, 0.3) is 0 Å². The summed E-state index contributed by atoms with van der Waals surface area (Å²) in [5.74, 6) is -6.21. The van der Waals surface area contributed by atoms with Crippen LogP contribution in [0.4, 0.5) is 0 Å². The zero-order valence-electron chi connectivity index (χ0n) is 14.2.